The van der Waals surface area contributed by atoms with Crippen LogP contribution in [0.15, 0.2) is 12.3 Å². The van der Waals surface area contributed by atoms with Crippen LogP contribution < -0.4 is 0 Å². The van der Waals surface area contributed by atoms with Gasteiger partial charge in [-0.15, -0.1) is 0 Å². The highest BCUT2D eigenvalue weighted by atomic mass is 35.5. The van der Waals surface area contributed by atoms with Crippen molar-refractivity contribution >= 4 is 17.2 Å². The number of aromatic nitrogens is 2. The molecule has 0 bridgehead atoms. The van der Waals surface area contributed by atoms with E-state index >= 15 is 0 Å². The maximum atomic E-state index is 6.34. The predicted molar refractivity (Wildman–Crippen MR) is 75.8 cm³/mol. The number of ether oxygens (including phenoxy) is 1. The highest BCUT2D eigenvalue weighted by Crippen LogP contribution is 2.22. The van der Waals surface area contributed by atoms with Gasteiger partial charge in [0.2, 0.25) is 0 Å². The zero-order valence-corrected chi connectivity index (χ0v) is 12.1. The van der Waals surface area contributed by atoms with Crippen LogP contribution >= 0.6 is 11.6 Å². The molecule has 102 valence electrons. The molecular weight excluding hydrogens is 262 g/mol. The first-order valence-corrected chi connectivity index (χ1v) is 6.97. The molecule has 4 nitrogen and oxygen atoms in total. The van der Waals surface area contributed by atoms with E-state index in [1.165, 1.54) is 5.56 Å². The van der Waals surface area contributed by atoms with Crippen LogP contribution in [0.25, 0.3) is 5.65 Å². The molecule has 19 heavy (non-hydrogen) atoms. The Hall–Kier alpha value is -1.10. The van der Waals surface area contributed by atoms with Crippen LogP contribution in [-0.4, -0.2) is 40.6 Å². The molecule has 1 aliphatic heterocycles. The van der Waals surface area contributed by atoms with Crippen molar-refractivity contribution in [2.45, 2.75) is 20.4 Å². The molecule has 0 spiro atoms. The van der Waals surface area contributed by atoms with Gasteiger partial charge in [0, 0.05) is 31.5 Å². The summed E-state index contributed by atoms with van der Waals surface area (Å²) in [7, 11) is 0. The Kier molecular flexibility index (Phi) is 3.48. The molecule has 0 amide bonds. The van der Waals surface area contributed by atoms with E-state index < -0.39 is 0 Å². The first kappa shape index (κ1) is 12.9. The Bertz CT molecular complexity index is 602. The fourth-order valence-electron chi connectivity index (χ4n) is 2.49. The van der Waals surface area contributed by atoms with Crippen LogP contribution in [0.5, 0.6) is 0 Å². The van der Waals surface area contributed by atoms with Crippen LogP contribution in [0.3, 0.4) is 0 Å². The Labute approximate surface area is 117 Å². The van der Waals surface area contributed by atoms with Crippen molar-refractivity contribution in [3.8, 4) is 0 Å². The van der Waals surface area contributed by atoms with Crippen molar-refractivity contribution in [3.63, 3.8) is 0 Å². The van der Waals surface area contributed by atoms with Crippen molar-refractivity contribution in [1.82, 2.24) is 14.3 Å². The summed E-state index contributed by atoms with van der Waals surface area (Å²) in [5, 5.41) is 0.724. The molecule has 2 aromatic rings. The fraction of sp³-hybridized carbons (Fsp3) is 0.500. The predicted octanol–water partition coefficient (Wildman–Crippen LogP) is 2.44. The SMILES string of the molecule is Cc1nc2c(Cl)cc(CN3CCOCC3)cn2c1C. The van der Waals surface area contributed by atoms with Gasteiger partial charge in [-0.05, 0) is 25.5 Å². The molecule has 1 saturated heterocycles. The minimum atomic E-state index is 0.724. The third kappa shape index (κ3) is 2.48. The van der Waals surface area contributed by atoms with Gasteiger partial charge in [-0.3, -0.25) is 4.90 Å². The smallest absolute Gasteiger partial charge is 0.156 e. The lowest BCUT2D eigenvalue weighted by atomic mass is 10.2. The van der Waals surface area contributed by atoms with E-state index in [0.29, 0.717) is 0 Å². The van der Waals surface area contributed by atoms with Crippen LogP contribution in [0.2, 0.25) is 5.02 Å². The molecule has 0 N–H and O–H groups in total. The Morgan fingerprint density at radius 2 is 2.05 bits per heavy atom. The Morgan fingerprint density at radius 1 is 1.32 bits per heavy atom. The van der Waals surface area contributed by atoms with Crippen molar-refractivity contribution in [1.29, 1.82) is 0 Å². The highest BCUT2D eigenvalue weighted by molar-refractivity contribution is 6.33. The van der Waals surface area contributed by atoms with E-state index in [1.54, 1.807) is 0 Å². The van der Waals surface area contributed by atoms with Gasteiger partial charge in [-0.2, -0.15) is 0 Å². The largest absolute Gasteiger partial charge is 0.379 e. The first-order chi connectivity index (χ1) is 9.15. The molecule has 3 heterocycles. The van der Waals surface area contributed by atoms with E-state index in [9.17, 15) is 0 Å². The van der Waals surface area contributed by atoms with E-state index in [2.05, 4.69) is 27.4 Å². The van der Waals surface area contributed by atoms with E-state index in [4.69, 9.17) is 16.3 Å². The maximum absolute atomic E-state index is 6.34. The number of nitrogens with zero attached hydrogens (tertiary/aromatic N) is 3. The standard InChI is InChI=1S/C14H18ClN3O/c1-10-11(2)18-9-12(7-13(15)14(18)16-10)8-17-3-5-19-6-4-17/h7,9H,3-6,8H2,1-2H3. The minimum absolute atomic E-state index is 0.724. The average molecular weight is 280 g/mol. The lowest BCUT2D eigenvalue weighted by Gasteiger charge is -2.26. The molecular formula is C14H18ClN3O. The van der Waals surface area contributed by atoms with Crippen LogP contribution in [0.1, 0.15) is 17.0 Å². The Morgan fingerprint density at radius 3 is 2.79 bits per heavy atom. The summed E-state index contributed by atoms with van der Waals surface area (Å²) in [5.74, 6) is 0. The normalized spacial score (nSPS) is 17.2. The van der Waals surface area contributed by atoms with Gasteiger partial charge in [0.05, 0.1) is 23.9 Å². The van der Waals surface area contributed by atoms with Crippen molar-refractivity contribution in [2.75, 3.05) is 26.3 Å². The van der Waals surface area contributed by atoms with Crippen molar-refractivity contribution < 1.29 is 4.74 Å². The number of morpholine rings is 1. The topological polar surface area (TPSA) is 29.8 Å². The van der Waals surface area contributed by atoms with Crippen LogP contribution in [0.4, 0.5) is 0 Å². The van der Waals surface area contributed by atoms with Gasteiger partial charge in [0.25, 0.3) is 0 Å². The number of aryl methyl sites for hydroxylation is 2. The first-order valence-electron chi connectivity index (χ1n) is 6.59. The average Bonchev–Trinajstić information content (AvgIpc) is 2.68. The highest BCUT2D eigenvalue weighted by Gasteiger charge is 2.14. The third-order valence-electron chi connectivity index (χ3n) is 3.72. The summed E-state index contributed by atoms with van der Waals surface area (Å²) in [6.07, 6.45) is 2.14. The second-order valence-electron chi connectivity index (χ2n) is 5.06. The van der Waals surface area contributed by atoms with Gasteiger partial charge in [0.15, 0.2) is 5.65 Å². The monoisotopic (exact) mass is 279 g/mol. The fourth-order valence-corrected chi connectivity index (χ4v) is 2.76. The molecule has 1 fully saturated rings. The minimum Gasteiger partial charge on any atom is -0.379 e. The molecule has 0 unspecified atom stereocenters. The van der Waals surface area contributed by atoms with E-state index in [-0.39, 0.29) is 0 Å². The van der Waals surface area contributed by atoms with Crippen molar-refractivity contribution in [2.24, 2.45) is 0 Å². The zero-order chi connectivity index (χ0) is 13.4. The lowest BCUT2D eigenvalue weighted by Crippen LogP contribution is -2.35. The molecule has 0 saturated carbocycles. The molecule has 0 radical (unpaired) electrons. The van der Waals surface area contributed by atoms with Gasteiger partial charge in [0.1, 0.15) is 0 Å². The van der Waals surface area contributed by atoms with Crippen molar-refractivity contribution in [3.05, 3.63) is 34.2 Å². The molecule has 0 aliphatic carbocycles. The summed E-state index contributed by atoms with van der Waals surface area (Å²) < 4.78 is 7.46. The molecule has 0 aromatic carbocycles. The number of pyridine rings is 1. The van der Waals surface area contributed by atoms with E-state index in [0.717, 1.165) is 54.9 Å². The number of imidazole rings is 1. The number of fused-ring (bicyclic) bond motifs is 1. The lowest BCUT2D eigenvalue weighted by molar-refractivity contribution is 0.0341. The second kappa shape index (κ2) is 5.12. The summed E-state index contributed by atoms with van der Waals surface area (Å²) in [6.45, 7) is 8.60. The second-order valence-corrected chi connectivity index (χ2v) is 5.47. The molecule has 2 aromatic heterocycles. The van der Waals surface area contributed by atoms with Gasteiger partial charge in [-0.25, -0.2) is 4.98 Å². The van der Waals surface area contributed by atoms with Crippen LogP contribution in [0, 0.1) is 13.8 Å². The van der Waals surface area contributed by atoms with Gasteiger partial charge in [-0.1, -0.05) is 11.6 Å². The summed E-state index contributed by atoms with van der Waals surface area (Å²) >= 11 is 6.34. The molecule has 5 heteroatoms. The van der Waals surface area contributed by atoms with Gasteiger partial charge < -0.3 is 9.14 Å². The van der Waals surface area contributed by atoms with Gasteiger partial charge >= 0.3 is 0 Å². The number of halogens is 1. The maximum Gasteiger partial charge on any atom is 0.156 e. The van der Waals surface area contributed by atoms with E-state index in [1.807, 2.05) is 13.0 Å². The molecule has 0 atom stereocenters. The summed E-state index contributed by atoms with van der Waals surface area (Å²) in [4.78, 5) is 6.89. The molecule has 1 aliphatic rings. The zero-order valence-electron chi connectivity index (χ0n) is 11.3. The number of hydrogen-bond donors (Lipinski definition) is 0. The number of hydrogen-bond acceptors (Lipinski definition) is 3. The quantitative estimate of drug-likeness (QED) is 0.846. The number of rotatable bonds is 2. The Balaban J connectivity index is 1.93. The summed E-state index contributed by atoms with van der Waals surface area (Å²) in [6, 6.07) is 2.03. The van der Waals surface area contributed by atoms with Crippen LogP contribution in [-0.2, 0) is 11.3 Å². The third-order valence-corrected chi connectivity index (χ3v) is 4.00. The molecule has 3 rings (SSSR count). The summed E-state index contributed by atoms with van der Waals surface area (Å²) in [5.41, 5.74) is 4.26.